The Bertz CT molecular complexity index is 461. The van der Waals surface area contributed by atoms with Crippen molar-refractivity contribution in [2.45, 2.75) is 57.5 Å². The van der Waals surface area contributed by atoms with Gasteiger partial charge in [0.2, 0.25) is 0 Å². The molecule has 5 heteroatoms. The van der Waals surface area contributed by atoms with Crippen LogP contribution in [0.5, 0.6) is 0 Å². The summed E-state index contributed by atoms with van der Waals surface area (Å²) in [6, 6.07) is 5.38. The third-order valence-corrected chi connectivity index (χ3v) is 3.82. The van der Waals surface area contributed by atoms with Crippen LogP contribution in [0.25, 0.3) is 0 Å². The van der Waals surface area contributed by atoms with Crippen LogP contribution >= 0.6 is 0 Å². The maximum atomic E-state index is 12.9. The Kier molecular flexibility index (Phi) is 5.27. The van der Waals surface area contributed by atoms with Crippen LogP contribution in [0.15, 0.2) is 24.3 Å². The first-order chi connectivity index (χ1) is 9.91. The Morgan fingerprint density at radius 2 is 2.10 bits per heavy atom. The number of ether oxygens (including phenoxy) is 1. The van der Waals surface area contributed by atoms with Gasteiger partial charge in [0.05, 0.1) is 23.8 Å². The summed E-state index contributed by atoms with van der Waals surface area (Å²) in [5.74, 6) is 0. The molecule has 0 aromatic heterocycles. The van der Waals surface area contributed by atoms with Gasteiger partial charge in [-0.1, -0.05) is 19.1 Å². The second kappa shape index (κ2) is 6.79. The predicted octanol–water partition coefficient (Wildman–Crippen LogP) is 4.31. The van der Waals surface area contributed by atoms with E-state index in [4.69, 9.17) is 4.74 Å². The van der Waals surface area contributed by atoms with Gasteiger partial charge in [-0.2, -0.15) is 13.2 Å². The number of hydrogen-bond donors (Lipinski definition) is 1. The molecule has 1 saturated heterocycles. The highest BCUT2D eigenvalue weighted by Crippen LogP contribution is 2.34. The molecule has 0 spiro atoms. The molecule has 118 valence electrons. The molecule has 2 rings (SSSR count). The highest BCUT2D eigenvalue weighted by molar-refractivity contribution is 5.29. The van der Waals surface area contributed by atoms with E-state index in [0.29, 0.717) is 5.56 Å². The smallest absolute Gasteiger partial charge is 0.373 e. The SMILES string of the molecule is CCCNC(c1cccc(C(F)(F)F)c1)C1CCC(C)O1. The van der Waals surface area contributed by atoms with Crippen LogP contribution in [0.1, 0.15) is 50.3 Å². The zero-order valence-corrected chi connectivity index (χ0v) is 12.4. The van der Waals surface area contributed by atoms with E-state index in [1.54, 1.807) is 6.07 Å². The fraction of sp³-hybridized carbons (Fsp3) is 0.625. The van der Waals surface area contributed by atoms with Crippen LogP contribution in [0.3, 0.4) is 0 Å². The van der Waals surface area contributed by atoms with Gasteiger partial charge in [0, 0.05) is 0 Å². The zero-order valence-electron chi connectivity index (χ0n) is 12.4. The molecule has 3 atom stereocenters. The van der Waals surface area contributed by atoms with Crippen molar-refractivity contribution in [3.63, 3.8) is 0 Å². The average Bonchev–Trinajstić information content (AvgIpc) is 2.85. The summed E-state index contributed by atoms with van der Waals surface area (Å²) in [7, 11) is 0. The molecular formula is C16H22F3NO. The minimum Gasteiger partial charge on any atom is -0.373 e. The Balaban J connectivity index is 2.23. The van der Waals surface area contributed by atoms with Gasteiger partial charge in [0.25, 0.3) is 0 Å². The Morgan fingerprint density at radius 3 is 2.67 bits per heavy atom. The summed E-state index contributed by atoms with van der Waals surface area (Å²) >= 11 is 0. The normalized spacial score (nSPS) is 24.2. The lowest BCUT2D eigenvalue weighted by molar-refractivity contribution is -0.137. The summed E-state index contributed by atoms with van der Waals surface area (Å²) in [6.07, 6.45) is -1.44. The van der Waals surface area contributed by atoms with Crippen LogP contribution in [0.2, 0.25) is 0 Å². The van der Waals surface area contributed by atoms with Crippen molar-refractivity contribution in [3.05, 3.63) is 35.4 Å². The molecule has 0 amide bonds. The second-order valence-electron chi connectivity index (χ2n) is 5.62. The molecule has 1 aliphatic rings. The molecule has 1 fully saturated rings. The fourth-order valence-electron chi connectivity index (χ4n) is 2.75. The molecular weight excluding hydrogens is 279 g/mol. The van der Waals surface area contributed by atoms with Crippen molar-refractivity contribution < 1.29 is 17.9 Å². The van der Waals surface area contributed by atoms with E-state index in [2.05, 4.69) is 5.32 Å². The van der Waals surface area contributed by atoms with Gasteiger partial charge in [0.15, 0.2) is 0 Å². The fourth-order valence-corrected chi connectivity index (χ4v) is 2.75. The summed E-state index contributed by atoms with van der Waals surface area (Å²) in [4.78, 5) is 0. The Labute approximate surface area is 123 Å². The quantitative estimate of drug-likeness (QED) is 0.875. The minimum atomic E-state index is -4.31. The van der Waals surface area contributed by atoms with Crippen LogP contribution in [0.4, 0.5) is 13.2 Å². The lowest BCUT2D eigenvalue weighted by atomic mass is 9.97. The van der Waals surface area contributed by atoms with E-state index in [9.17, 15) is 13.2 Å². The zero-order chi connectivity index (χ0) is 15.5. The third kappa shape index (κ3) is 4.20. The van der Waals surface area contributed by atoms with E-state index >= 15 is 0 Å². The van der Waals surface area contributed by atoms with Crippen LogP contribution in [0, 0.1) is 0 Å². The van der Waals surface area contributed by atoms with Crippen LogP contribution in [-0.2, 0) is 10.9 Å². The molecule has 0 saturated carbocycles. The molecule has 21 heavy (non-hydrogen) atoms. The van der Waals surface area contributed by atoms with E-state index in [1.807, 2.05) is 13.8 Å². The molecule has 1 aromatic carbocycles. The largest absolute Gasteiger partial charge is 0.416 e. The molecule has 3 unspecified atom stereocenters. The van der Waals surface area contributed by atoms with Gasteiger partial charge in [0.1, 0.15) is 0 Å². The predicted molar refractivity (Wildman–Crippen MR) is 76.0 cm³/mol. The van der Waals surface area contributed by atoms with E-state index in [1.165, 1.54) is 12.1 Å². The first-order valence-electron chi connectivity index (χ1n) is 7.47. The van der Waals surface area contributed by atoms with Gasteiger partial charge >= 0.3 is 6.18 Å². The number of rotatable bonds is 5. The third-order valence-electron chi connectivity index (χ3n) is 3.82. The number of benzene rings is 1. The van der Waals surface area contributed by atoms with Gasteiger partial charge in [-0.05, 0) is 50.4 Å². The highest BCUT2D eigenvalue weighted by atomic mass is 19.4. The first-order valence-corrected chi connectivity index (χ1v) is 7.47. The number of halogens is 3. The maximum absolute atomic E-state index is 12.9. The van der Waals surface area contributed by atoms with Crippen molar-refractivity contribution in [1.29, 1.82) is 0 Å². The van der Waals surface area contributed by atoms with Gasteiger partial charge < -0.3 is 10.1 Å². The van der Waals surface area contributed by atoms with Crippen LogP contribution < -0.4 is 5.32 Å². The second-order valence-corrected chi connectivity index (χ2v) is 5.62. The molecule has 0 radical (unpaired) electrons. The molecule has 2 nitrogen and oxygen atoms in total. The number of alkyl halides is 3. The molecule has 1 heterocycles. The van der Waals surface area contributed by atoms with Gasteiger partial charge in [-0.15, -0.1) is 0 Å². The molecule has 1 aliphatic heterocycles. The summed E-state index contributed by atoms with van der Waals surface area (Å²) in [6.45, 7) is 4.80. The Hall–Kier alpha value is -1.07. The Morgan fingerprint density at radius 1 is 1.33 bits per heavy atom. The molecule has 0 bridgehead atoms. The van der Waals surface area contributed by atoms with Gasteiger partial charge in [-0.25, -0.2) is 0 Å². The standard InChI is InChI=1S/C16H22F3NO/c1-3-9-20-15(14-8-7-11(2)21-14)12-5-4-6-13(10-12)16(17,18)19/h4-6,10-11,14-15,20H,3,7-9H2,1-2H3. The van der Waals surface area contributed by atoms with E-state index in [0.717, 1.165) is 31.9 Å². The van der Waals surface area contributed by atoms with E-state index in [-0.39, 0.29) is 18.2 Å². The maximum Gasteiger partial charge on any atom is 0.416 e. The van der Waals surface area contributed by atoms with Crippen molar-refractivity contribution in [2.24, 2.45) is 0 Å². The van der Waals surface area contributed by atoms with Crippen molar-refractivity contribution >= 4 is 0 Å². The highest BCUT2D eigenvalue weighted by Gasteiger charge is 2.34. The molecule has 1 N–H and O–H groups in total. The minimum absolute atomic E-state index is 0.0602. The van der Waals surface area contributed by atoms with Crippen LogP contribution in [-0.4, -0.2) is 18.8 Å². The number of hydrogen-bond acceptors (Lipinski definition) is 2. The summed E-state index contributed by atoms with van der Waals surface area (Å²) < 4.78 is 44.5. The lowest BCUT2D eigenvalue weighted by Gasteiger charge is -2.26. The van der Waals surface area contributed by atoms with Crippen molar-refractivity contribution in [2.75, 3.05) is 6.54 Å². The number of nitrogens with one attached hydrogen (secondary N) is 1. The molecule has 0 aliphatic carbocycles. The van der Waals surface area contributed by atoms with Gasteiger partial charge in [-0.3, -0.25) is 0 Å². The van der Waals surface area contributed by atoms with Crippen molar-refractivity contribution in [1.82, 2.24) is 5.32 Å². The summed E-state index contributed by atoms with van der Waals surface area (Å²) in [5.41, 5.74) is 0.0479. The summed E-state index contributed by atoms with van der Waals surface area (Å²) in [5, 5.41) is 3.33. The topological polar surface area (TPSA) is 21.3 Å². The average molecular weight is 301 g/mol. The lowest BCUT2D eigenvalue weighted by Crippen LogP contribution is -2.33. The first kappa shape index (κ1) is 16.3. The van der Waals surface area contributed by atoms with Crippen molar-refractivity contribution in [3.8, 4) is 0 Å². The van der Waals surface area contributed by atoms with E-state index < -0.39 is 11.7 Å². The monoisotopic (exact) mass is 301 g/mol. The molecule has 1 aromatic rings.